The molecule has 0 spiro atoms. The van der Waals surface area contributed by atoms with Crippen molar-refractivity contribution in [2.45, 2.75) is 18.4 Å². The number of hydrogen-bond acceptors (Lipinski definition) is 7. The molecule has 0 bridgehead atoms. The van der Waals surface area contributed by atoms with Crippen LogP contribution in [0.15, 0.2) is 76.5 Å². The highest BCUT2D eigenvalue weighted by Gasteiger charge is 2.36. The van der Waals surface area contributed by atoms with E-state index in [4.69, 9.17) is 20.5 Å². The number of methoxy groups -OCH3 is 1. The number of benzene rings is 3. The van der Waals surface area contributed by atoms with Crippen LogP contribution in [0, 0.1) is 6.92 Å². The average molecular weight is 530 g/mol. The lowest BCUT2D eigenvalue weighted by Gasteiger charge is -2.14. The number of thioether (sulfide) groups is 1. The number of para-hydroxylation sites is 1. The van der Waals surface area contributed by atoms with Crippen LogP contribution in [-0.4, -0.2) is 31.6 Å². The van der Waals surface area contributed by atoms with Crippen LogP contribution < -0.4 is 8.92 Å². The Bertz CT molecular complexity index is 1430. The fourth-order valence-electron chi connectivity index (χ4n) is 3.33. The molecule has 1 aliphatic rings. The van der Waals surface area contributed by atoms with E-state index in [9.17, 15) is 18.0 Å². The second-order valence-electron chi connectivity index (χ2n) is 7.59. The molecule has 10 heteroatoms. The molecule has 180 valence electrons. The van der Waals surface area contributed by atoms with Gasteiger partial charge < -0.3 is 8.92 Å². The fourth-order valence-corrected chi connectivity index (χ4v) is 5.32. The molecule has 2 amide bonds. The normalized spacial score (nSPS) is 15.1. The summed E-state index contributed by atoms with van der Waals surface area (Å²) in [5.41, 5.74) is 1.80. The van der Waals surface area contributed by atoms with Crippen molar-refractivity contribution >= 4 is 50.7 Å². The third-order valence-electron chi connectivity index (χ3n) is 5.18. The maximum absolute atomic E-state index is 13.0. The zero-order valence-corrected chi connectivity index (χ0v) is 21.1. The number of ether oxygens (including phenoxy) is 1. The third-order valence-corrected chi connectivity index (χ3v) is 7.69. The zero-order chi connectivity index (χ0) is 25.2. The van der Waals surface area contributed by atoms with Gasteiger partial charge in [-0.15, -0.1) is 0 Å². The highest BCUT2D eigenvalue weighted by Crippen LogP contribution is 2.39. The Labute approximate surface area is 212 Å². The van der Waals surface area contributed by atoms with Crippen LogP contribution >= 0.6 is 23.4 Å². The maximum atomic E-state index is 13.0. The minimum Gasteiger partial charge on any atom is -0.493 e. The van der Waals surface area contributed by atoms with Crippen LogP contribution in [0.5, 0.6) is 11.5 Å². The van der Waals surface area contributed by atoms with Gasteiger partial charge in [-0.05, 0) is 54.6 Å². The summed E-state index contributed by atoms with van der Waals surface area (Å²) in [6.07, 6.45) is 1.42. The van der Waals surface area contributed by atoms with Crippen LogP contribution in [0.3, 0.4) is 0 Å². The Morgan fingerprint density at radius 1 is 1.00 bits per heavy atom. The van der Waals surface area contributed by atoms with Gasteiger partial charge in [-0.3, -0.25) is 14.5 Å². The van der Waals surface area contributed by atoms with Gasteiger partial charge in [0, 0.05) is 10.6 Å². The van der Waals surface area contributed by atoms with Gasteiger partial charge in [0.2, 0.25) is 0 Å². The SMILES string of the molecule is COc1cccc(/C=C2\SC(=O)N(Cc3ccccc3Cl)C2=O)c1OS(=O)(=O)c1ccc(C)cc1. The molecule has 1 fully saturated rings. The van der Waals surface area contributed by atoms with Crippen LogP contribution in [0.1, 0.15) is 16.7 Å². The van der Waals surface area contributed by atoms with E-state index in [1.807, 2.05) is 6.92 Å². The Morgan fingerprint density at radius 2 is 1.71 bits per heavy atom. The zero-order valence-electron chi connectivity index (χ0n) is 18.7. The molecule has 0 unspecified atom stereocenters. The van der Waals surface area contributed by atoms with E-state index in [1.165, 1.54) is 25.3 Å². The number of carbonyl (C=O) groups excluding carboxylic acids is 2. The van der Waals surface area contributed by atoms with Gasteiger partial charge >= 0.3 is 10.1 Å². The van der Waals surface area contributed by atoms with E-state index in [0.29, 0.717) is 10.6 Å². The van der Waals surface area contributed by atoms with Crippen LogP contribution in [0.25, 0.3) is 6.08 Å². The number of carbonyl (C=O) groups is 2. The van der Waals surface area contributed by atoms with Gasteiger partial charge in [0.05, 0.1) is 18.6 Å². The van der Waals surface area contributed by atoms with E-state index >= 15 is 0 Å². The fraction of sp³-hybridized carbons (Fsp3) is 0.120. The lowest BCUT2D eigenvalue weighted by atomic mass is 10.1. The van der Waals surface area contributed by atoms with Crippen molar-refractivity contribution in [2.75, 3.05) is 7.11 Å². The summed E-state index contributed by atoms with van der Waals surface area (Å²) in [5.74, 6) is -0.451. The lowest BCUT2D eigenvalue weighted by molar-refractivity contribution is -0.123. The van der Waals surface area contributed by atoms with Crippen molar-refractivity contribution in [1.82, 2.24) is 4.90 Å². The van der Waals surface area contributed by atoms with Crippen LogP contribution in [0.4, 0.5) is 4.79 Å². The Balaban J connectivity index is 1.67. The first-order valence-corrected chi connectivity index (χ1v) is 13.0. The number of halogens is 1. The van der Waals surface area contributed by atoms with E-state index < -0.39 is 21.3 Å². The smallest absolute Gasteiger partial charge is 0.339 e. The molecule has 0 atom stereocenters. The summed E-state index contributed by atoms with van der Waals surface area (Å²) >= 11 is 6.93. The minimum atomic E-state index is -4.19. The first-order chi connectivity index (χ1) is 16.7. The van der Waals surface area contributed by atoms with Gasteiger partial charge in [-0.2, -0.15) is 8.42 Å². The summed E-state index contributed by atoms with van der Waals surface area (Å²) < 4.78 is 36.6. The highest BCUT2D eigenvalue weighted by atomic mass is 35.5. The molecule has 1 aliphatic heterocycles. The average Bonchev–Trinajstić information content (AvgIpc) is 3.09. The molecule has 35 heavy (non-hydrogen) atoms. The molecule has 0 aromatic heterocycles. The molecule has 0 saturated carbocycles. The largest absolute Gasteiger partial charge is 0.493 e. The Morgan fingerprint density at radius 3 is 2.40 bits per heavy atom. The van der Waals surface area contributed by atoms with Crippen LogP contribution in [-0.2, 0) is 21.5 Å². The molecule has 0 aliphatic carbocycles. The number of rotatable bonds is 7. The van der Waals surface area contributed by atoms with Gasteiger partial charge in [0.1, 0.15) is 4.90 Å². The topological polar surface area (TPSA) is 90.0 Å². The Hall–Kier alpha value is -3.27. The molecule has 1 heterocycles. The number of amides is 2. The van der Waals surface area contributed by atoms with Crippen molar-refractivity contribution in [3.8, 4) is 11.5 Å². The predicted molar refractivity (Wildman–Crippen MR) is 135 cm³/mol. The van der Waals surface area contributed by atoms with Crippen molar-refractivity contribution < 1.29 is 26.9 Å². The summed E-state index contributed by atoms with van der Waals surface area (Å²) in [6, 6.07) is 17.9. The standard InChI is InChI=1S/C25H20ClNO6S2/c1-16-10-12-19(13-11-16)35(30,31)33-23-17(7-5-9-21(23)32-2)14-22-24(28)27(25(29)34-22)15-18-6-3-4-8-20(18)26/h3-14H,15H2,1-2H3/b22-14-. The molecule has 0 N–H and O–H groups in total. The first-order valence-electron chi connectivity index (χ1n) is 10.4. The monoisotopic (exact) mass is 529 g/mol. The molecule has 3 aromatic carbocycles. The second-order valence-corrected chi connectivity index (χ2v) is 10.5. The van der Waals surface area contributed by atoms with Crippen molar-refractivity contribution in [3.63, 3.8) is 0 Å². The molecule has 7 nitrogen and oxygen atoms in total. The summed E-state index contributed by atoms with van der Waals surface area (Å²) in [4.78, 5) is 26.8. The van der Waals surface area contributed by atoms with Crippen molar-refractivity contribution in [2.24, 2.45) is 0 Å². The van der Waals surface area contributed by atoms with E-state index in [2.05, 4.69) is 0 Å². The molecular weight excluding hydrogens is 510 g/mol. The molecule has 0 radical (unpaired) electrons. The Kier molecular flexibility index (Phi) is 7.20. The highest BCUT2D eigenvalue weighted by molar-refractivity contribution is 8.18. The molecular formula is C25H20ClNO6S2. The van der Waals surface area contributed by atoms with Crippen LogP contribution in [0.2, 0.25) is 5.02 Å². The first kappa shape index (κ1) is 24.8. The second kappa shape index (κ2) is 10.2. The predicted octanol–water partition coefficient (Wildman–Crippen LogP) is 5.66. The van der Waals surface area contributed by atoms with E-state index in [0.717, 1.165) is 22.2 Å². The van der Waals surface area contributed by atoms with Gasteiger partial charge in [-0.1, -0.05) is 59.6 Å². The van der Waals surface area contributed by atoms with Crippen molar-refractivity contribution in [3.05, 3.63) is 93.3 Å². The summed E-state index contributed by atoms with van der Waals surface area (Å²) in [7, 11) is -2.82. The third kappa shape index (κ3) is 5.37. The van der Waals surface area contributed by atoms with Gasteiger partial charge in [-0.25, -0.2) is 0 Å². The molecule has 3 aromatic rings. The lowest BCUT2D eigenvalue weighted by Crippen LogP contribution is -2.27. The van der Waals surface area contributed by atoms with E-state index in [1.54, 1.807) is 54.6 Å². The van der Waals surface area contributed by atoms with Gasteiger partial charge in [0.25, 0.3) is 11.1 Å². The number of hydrogen-bond donors (Lipinski definition) is 0. The minimum absolute atomic E-state index is 0.0188. The van der Waals surface area contributed by atoms with Gasteiger partial charge in [0.15, 0.2) is 11.5 Å². The number of aryl methyl sites for hydroxylation is 1. The molecule has 1 saturated heterocycles. The summed E-state index contributed by atoms with van der Waals surface area (Å²) in [6.45, 7) is 1.86. The maximum Gasteiger partial charge on any atom is 0.339 e. The summed E-state index contributed by atoms with van der Waals surface area (Å²) in [5, 5.41) is -0.0147. The number of nitrogens with zero attached hydrogens (tertiary/aromatic N) is 1. The van der Waals surface area contributed by atoms with E-state index in [-0.39, 0.29) is 33.4 Å². The van der Waals surface area contributed by atoms with Crippen molar-refractivity contribution in [1.29, 1.82) is 0 Å². The quantitative estimate of drug-likeness (QED) is 0.288. The number of imide groups is 1. The molecule has 4 rings (SSSR count).